The topological polar surface area (TPSA) is 82.1 Å². The van der Waals surface area contributed by atoms with E-state index in [-0.39, 0.29) is 31.1 Å². The number of methoxy groups -OCH3 is 1. The number of hydrogen-bond donors (Lipinski definition) is 0. The van der Waals surface area contributed by atoms with E-state index >= 15 is 0 Å². The monoisotopic (exact) mass is 347 g/mol. The van der Waals surface area contributed by atoms with Gasteiger partial charge < -0.3 is 14.2 Å². The van der Waals surface area contributed by atoms with Gasteiger partial charge in [-0.05, 0) is 6.92 Å². The van der Waals surface area contributed by atoms with Crippen LogP contribution in [0.4, 0.5) is 0 Å². The Morgan fingerprint density at radius 3 is 2.64 bits per heavy atom. The molecule has 2 atom stereocenters. The number of rotatable bonds is 7. The third-order valence-electron chi connectivity index (χ3n) is 3.80. The van der Waals surface area contributed by atoms with Crippen LogP contribution in [0.3, 0.4) is 0 Å². The lowest BCUT2D eigenvalue weighted by atomic mass is 10.0. The van der Waals surface area contributed by atoms with Crippen molar-refractivity contribution in [3.8, 4) is 0 Å². The number of esters is 2. The van der Waals surface area contributed by atoms with Crippen molar-refractivity contribution in [2.24, 2.45) is 0 Å². The third kappa shape index (κ3) is 4.24. The van der Waals surface area contributed by atoms with Gasteiger partial charge in [0.1, 0.15) is 12.6 Å². The maximum absolute atomic E-state index is 12.4. The molecule has 1 saturated heterocycles. The highest BCUT2D eigenvalue weighted by molar-refractivity contribution is 5.91. The summed E-state index contributed by atoms with van der Waals surface area (Å²) in [6.07, 6.45) is -0.822. The van der Waals surface area contributed by atoms with Crippen molar-refractivity contribution in [1.82, 2.24) is 4.90 Å². The lowest BCUT2D eigenvalue weighted by molar-refractivity contribution is -0.156. The molecule has 1 heterocycles. The molecule has 1 aromatic rings. The molecule has 1 fully saturated rings. The Morgan fingerprint density at radius 1 is 1.36 bits per heavy atom. The highest BCUT2D eigenvalue weighted by Gasteiger charge is 2.42. The zero-order valence-corrected chi connectivity index (χ0v) is 14.3. The number of carbonyl (C=O) groups excluding carboxylic acids is 3. The van der Waals surface area contributed by atoms with Crippen LogP contribution in [0.1, 0.15) is 25.1 Å². The zero-order chi connectivity index (χ0) is 18.4. The fourth-order valence-electron chi connectivity index (χ4n) is 2.64. The van der Waals surface area contributed by atoms with Gasteiger partial charge in [0.2, 0.25) is 0 Å². The molecule has 0 saturated carbocycles. The molecule has 0 aromatic heterocycles. The summed E-state index contributed by atoms with van der Waals surface area (Å²) in [5.74, 6) is -1.62. The zero-order valence-electron chi connectivity index (χ0n) is 14.3. The van der Waals surface area contributed by atoms with Gasteiger partial charge >= 0.3 is 11.9 Å². The molecule has 7 heteroatoms. The Kier molecular flexibility index (Phi) is 6.30. The van der Waals surface area contributed by atoms with Gasteiger partial charge in [0.25, 0.3) is 5.91 Å². The Bertz CT molecular complexity index is 657. The van der Waals surface area contributed by atoms with Crippen LogP contribution in [-0.2, 0) is 28.6 Å². The van der Waals surface area contributed by atoms with Crippen LogP contribution in [0, 0.1) is 0 Å². The van der Waals surface area contributed by atoms with Crippen molar-refractivity contribution in [3.05, 3.63) is 48.0 Å². The average Bonchev–Trinajstić information content (AvgIpc) is 3.00. The highest BCUT2D eigenvalue weighted by atomic mass is 16.5. The molecule has 1 aliphatic rings. The fourth-order valence-corrected chi connectivity index (χ4v) is 2.64. The molecule has 25 heavy (non-hydrogen) atoms. The first-order chi connectivity index (χ1) is 12.0. The summed E-state index contributed by atoms with van der Waals surface area (Å²) >= 11 is 0. The lowest BCUT2D eigenvalue weighted by Crippen LogP contribution is -2.45. The predicted molar refractivity (Wildman–Crippen MR) is 88.2 cm³/mol. The summed E-state index contributed by atoms with van der Waals surface area (Å²) in [5.41, 5.74) is 0.804. The van der Waals surface area contributed by atoms with E-state index in [1.165, 1.54) is 12.0 Å². The van der Waals surface area contributed by atoms with Crippen molar-refractivity contribution in [3.63, 3.8) is 0 Å². The maximum Gasteiger partial charge on any atom is 0.333 e. The summed E-state index contributed by atoms with van der Waals surface area (Å²) in [7, 11) is 1.23. The molecule has 0 bridgehead atoms. The van der Waals surface area contributed by atoms with Gasteiger partial charge in [-0.15, -0.1) is 0 Å². The third-order valence-corrected chi connectivity index (χ3v) is 3.80. The minimum Gasteiger partial charge on any atom is -0.466 e. The summed E-state index contributed by atoms with van der Waals surface area (Å²) in [5, 5.41) is 0. The molecule has 0 aliphatic carbocycles. The minimum atomic E-state index is -1.02. The van der Waals surface area contributed by atoms with Crippen molar-refractivity contribution >= 4 is 17.8 Å². The molecule has 1 amide bonds. The second-order valence-corrected chi connectivity index (χ2v) is 5.44. The van der Waals surface area contributed by atoms with E-state index in [2.05, 4.69) is 11.3 Å². The van der Waals surface area contributed by atoms with Crippen molar-refractivity contribution in [2.75, 3.05) is 20.3 Å². The molecule has 134 valence electrons. The van der Waals surface area contributed by atoms with Gasteiger partial charge in [-0.1, -0.05) is 36.9 Å². The second-order valence-electron chi connectivity index (χ2n) is 5.44. The van der Waals surface area contributed by atoms with E-state index in [1.807, 2.05) is 18.2 Å². The molecular formula is C18H21NO6. The largest absolute Gasteiger partial charge is 0.466 e. The van der Waals surface area contributed by atoms with Gasteiger partial charge in [-0.3, -0.25) is 9.69 Å². The number of hydrogen-bond acceptors (Lipinski definition) is 6. The maximum atomic E-state index is 12.4. The molecule has 0 spiro atoms. The first-order valence-electron chi connectivity index (χ1n) is 7.90. The van der Waals surface area contributed by atoms with Crippen LogP contribution in [-0.4, -0.2) is 49.1 Å². The molecule has 1 aromatic carbocycles. The first-order valence-corrected chi connectivity index (χ1v) is 7.90. The van der Waals surface area contributed by atoms with Gasteiger partial charge in [-0.25, -0.2) is 9.59 Å². The highest BCUT2D eigenvalue weighted by Crippen LogP contribution is 2.32. The van der Waals surface area contributed by atoms with E-state index in [9.17, 15) is 14.4 Å². The van der Waals surface area contributed by atoms with Gasteiger partial charge in [0.05, 0.1) is 13.7 Å². The summed E-state index contributed by atoms with van der Waals surface area (Å²) in [6.45, 7) is 5.31. The second kappa shape index (κ2) is 8.43. The van der Waals surface area contributed by atoms with E-state index in [4.69, 9.17) is 9.47 Å². The molecule has 1 aliphatic heterocycles. The number of carbonyl (C=O) groups is 3. The Labute approximate surface area is 146 Å². The van der Waals surface area contributed by atoms with Crippen LogP contribution in [0.25, 0.3) is 0 Å². The quantitative estimate of drug-likeness (QED) is 0.550. The van der Waals surface area contributed by atoms with Crippen LogP contribution < -0.4 is 0 Å². The summed E-state index contributed by atoms with van der Waals surface area (Å²) < 4.78 is 15.3. The molecule has 7 nitrogen and oxygen atoms in total. The fraction of sp³-hybridized carbons (Fsp3) is 0.389. The van der Waals surface area contributed by atoms with Gasteiger partial charge in [-0.2, -0.15) is 0 Å². The van der Waals surface area contributed by atoms with Crippen LogP contribution in [0.2, 0.25) is 0 Å². The van der Waals surface area contributed by atoms with E-state index in [0.29, 0.717) is 0 Å². The van der Waals surface area contributed by atoms with Crippen molar-refractivity contribution < 1.29 is 28.6 Å². The molecule has 0 N–H and O–H groups in total. The number of nitrogens with zero attached hydrogens (tertiary/aromatic N) is 1. The average molecular weight is 347 g/mol. The molecule has 2 rings (SSSR count). The first kappa shape index (κ1) is 18.7. The van der Waals surface area contributed by atoms with Crippen LogP contribution in [0.15, 0.2) is 42.5 Å². The Morgan fingerprint density at radius 2 is 2.04 bits per heavy atom. The smallest absolute Gasteiger partial charge is 0.333 e. The van der Waals surface area contributed by atoms with Crippen LogP contribution in [0.5, 0.6) is 0 Å². The summed E-state index contributed by atoms with van der Waals surface area (Å²) in [6, 6.07) is 8.04. The van der Waals surface area contributed by atoms with Gasteiger partial charge in [0, 0.05) is 17.6 Å². The van der Waals surface area contributed by atoms with Crippen molar-refractivity contribution in [2.45, 2.75) is 25.6 Å². The number of ether oxygens (including phenoxy) is 3. The van der Waals surface area contributed by atoms with Gasteiger partial charge in [0.15, 0.2) is 6.23 Å². The van der Waals surface area contributed by atoms with E-state index in [1.54, 1.807) is 19.1 Å². The van der Waals surface area contributed by atoms with E-state index in [0.717, 1.165) is 5.56 Å². The normalized spacial score (nSPS) is 17.9. The SMILES string of the molecule is C=C(C[C@@H](C(=O)OCC)N1C(=O)CO[C@@H]1c1ccccc1)C(=O)OC. The lowest BCUT2D eigenvalue weighted by Gasteiger charge is -2.30. The Balaban J connectivity index is 2.32. The molecule has 0 radical (unpaired) electrons. The van der Waals surface area contributed by atoms with Crippen LogP contribution >= 0.6 is 0 Å². The standard InChI is InChI=1S/C18H21NO6/c1-4-24-18(22)14(10-12(2)17(21)23-3)19-15(20)11-25-16(19)13-8-6-5-7-9-13/h5-9,14,16H,2,4,10-11H2,1,3H3/t14-,16+/m0/s1. The summed E-state index contributed by atoms with van der Waals surface area (Å²) in [4.78, 5) is 37.8. The number of benzene rings is 1. The molecule has 0 unspecified atom stereocenters. The minimum absolute atomic E-state index is 0.0760. The predicted octanol–water partition coefficient (Wildman–Crippen LogP) is 1.60. The Hall–Kier alpha value is -2.67. The van der Waals surface area contributed by atoms with Crippen molar-refractivity contribution in [1.29, 1.82) is 0 Å². The van der Waals surface area contributed by atoms with E-state index < -0.39 is 24.2 Å². The number of amides is 1. The molecular weight excluding hydrogens is 326 g/mol.